The van der Waals surface area contributed by atoms with Crippen molar-refractivity contribution >= 4 is 11.7 Å². The van der Waals surface area contributed by atoms with Crippen molar-refractivity contribution in [3.63, 3.8) is 0 Å². The van der Waals surface area contributed by atoms with Crippen molar-refractivity contribution in [3.05, 3.63) is 101 Å². The zero-order chi connectivity index (χ0) is 25.9. The number of ether oxygens (including phenoxy) is 2. The summed E-state index contributed by atoms with van der Waals surface area (Å²) < 4.78 is 39.9. The van der Waals surface area contributed by atoms with Gasteiger partial charge in [-0.05, 0) is 79.4 Å². The number of nitrogens with zero attached hydrogens (tertiary/aromatic N) is 1. The van der Waals surface area contributed by atoms with Crippen LogP contribution >= 0.6 is 0 Å². The quantitative estimate of drug-likeness (QED) is 0.332. The molecular formula is C30H32F2N2O3. The third-order valence-corrected chi connectivity index (χ3v) is 7.76. The van der Waals surface area contributed by atoms with Crippen LogP contribution in [-0.4, -0.2) is 42.7 Å². The number of anilines is 1. The van der Waals surface area contributed by atoms with Crippen molar-refractivity contribution in [1.29, 1.82) is 0 Å². The van der Waals surface area contributed by atoms with Crippen molar-refractivity contribution in [2.75, 3.05) is 19.4 Å². The average Bonchev–Trinajstić information content (AvgIpc) is 3.12. The number of hydrogen-bond acceptors (Lipinski definition) is 5. The molecule has 0 aliphatic carbocycles. The zero-order valence-corrected chi connectivity index (χ0v) is 20.9. The van der Waals surface area contributed by atoms with E-state index in [0.29, 0.717) is 24.6 Å². The first-order valence-electron chi connectivity index (χ1n) is 12.8. The summed E-state index contributed by atoms with van der Waals surface area (Å²) >= 11 is 0. The molecule has 194 valence electrons. The number of halogens is 2. The molecule has 4 atom stereocenters. The van der Waals surface area contributed by atoms with E-state index in [1.54, 1.807) is 24.3 Å². The highest BCUT2D eigenvalue weighted by molar-refractivity contribution is 5.74. The molecule has 5 rings (SSSR count). The third kappa shape index (κ3) is 5.68. The molecule has 2 heterocycles. The largest absolute Gasteiger partial charge is 0.465 e. The number of carbonyl (C=O) groups is 1. The molecular weight excluding hydrogens is 474 g/mol. The topological polar surface area (TPSA) is 64.8 Å². The molecule has 0 aromatic heterocycles. The molecule has 3 aromatic carbocycles. The Labute approximate surface area is 216 Å². The lowest BCUT2D eigenvalue weighted by Crippen LogP contribution is -2.53. The molecule has 2 bridgehead atoms. The second-order valence-electron chi connectivity index (χ2n) is 10.0. The number of piperidine rings is 1. The van der Waals surface area contributed by atoms with Crippen molar-refractivity contribution in [1.82, 2.24) is 4.90 Å². The van der Waals surface area contributed by atoms with Gasteiger partial charge >= 0.3 is 5.97 Å². The van der Waals surface area contributed by atoms with Crippen LogP contribution in [-0.2, 0) is 20.7 Å². The number of rotatable bonds is 8. The zero-order valence-electron chi connectivity index (χ0n) is 20.9. The maximum atomic E-state index is 13.7. The maximum absolute atomic E-state index is 13.7. The van der Waals surface area contributed by atoms with Gasteiger partial charge in [0.2, 0.25) is 0 Å². The van der Waals surface area contributed by atoms with Gasteiger partial charge in [-0.1, -0.05) is 36.4 Å². The van der Waals surface area contributed by atoms with E-state index in [9.17, 15) is 13.6 Å². The van der Waals surface area contributed by atoms with Crippen LogP contribution in [0.15, 0.2) is 72.8 Å². The van der Waals surface area contributed by atoms with E-state index < -0.39 is 18.1 Å². The van der Waals surface area contributed by atoms with Crippen molar-refractivity contribution in [2.24, 2.45) is 5.92 Å². The highest BCUT2D eigenvalue weighted by Crippen LogP contribution is 2.42. The minimum Gasteiger partial charge on any atom is -0.465 e. The van der Waals surface area contributed by atoms with Gasteiger partial charge in [-0.3, -0.25) is 9.69 Å². The Balaban J connectivity index is 1.37. The van der Waals surface area contributed by atoms with Gasteiger partial charge < -0.3 is 15.2 Å². The van der Waals surface area contributed by atoms with E-state index in [4.69, 9.17) is 15.2 Å². The van der Waals surface area contributed by atoms with E-state index >= 15 is 0 Å². The minimum atomic E-state index is -0.570. The molecule has 7 heteroatoms. The molecule has 0 unspecified atom stereocenters. The first kappa shape index (κ1) is 25.4. The Hall–Kier alpha value is -3.29. The molecule has 2 aliphatic rings. The fraction of sp³-hybridized carbons (Fsp3) is 0.367. The molecule has 0 amide bonds. The van der Waals surface area contributed by atoms with Gasteiger partial charge in [0.1, 0.15) is 17.7 Å². The van der Waals surface area contributed by atoms with Crippen LogP contribution in [0.4, 0.5) is 14.5 Å². The first-order chi connectivity index (χ1) is 17.9. The van der Waals surface area contributed by atoms with E-state index in [0.717, 1.165) is 29.5 Å². The van der Waals surface area contributed by atoms with Gasteiger partial charge in [-0.2, -0.15) is 0 Å². The molecule has 5 nitrogen and oxygen atoms in total. The highest BCUT2D eigenvalue weighted by atomic mass is 19.1. The Bertz CT molecular complexity index is 1160. The smallest absolute Gasteiger partial charge is 0.313 e. The van der Waals surface area contributed by atoms with E-state index in [1.165, 1.54) is 24.3 Å². The van der Waals surface area contributed by atoms with Crippen LogP contribution in [0.5, 0.6) is 0 Å². The number of esters is 1. The van der Waals surface area contributed by atoms with Gasteiger partial charge in [0, 0.05) is 24.2 Å². The summed E-state index contributed by atoms with van der Waals surface area (Å²) in [4.78, 5) is 15.8. The Morgan fingerprint density at radius 1 is 0.946 bits per heavy atom. The van der Waals surface area contributed by atoms with Crippen molar-refractivity contribution < 1.29 is 23.0 Å². The van der Waals surface area contributed by atoms with Crippen molar-refractivity contribution in [2.45, 2.75) is 50.0 Å². The van der Waals surface area contributed by atoms with Crippen LogP contribution < -0.4 is 5.73 Å². The maximum Gasteiger partial charge on any atom is 0.313 e. The van der Waals surface area contributed by atoms with E-state index in [-0.39, 0.29) is 30.3 Å². The normalized spacial score (nSPS) is 23.4. The monoisotopic (exact) mass is 506 g/mol. The summed E-state index contributed by atoms with van der Waals surface area (Å²) in [6.07, 6.45) is 2.21. The van der Waals surface area contributed by atoms with Crippen LogP contribution in [0.2, 0.25) is 0 Å². The van der Waals surface area contributed by atoms with Gasteiger partial charge in [-0.25, -0.2) is 8.78 Å². The number of benzene rings is 3. The Morgan fingerprint density at radius 3 is 2.14 bits per heavy atom. The molecule has 0 spiro atoms. The van der Waals surface area contributed by atoms with E-state index in [1.807, 2.05) is 24.3 Å². The predicted octanol–water partition coefficient (Wildman–Crippen LogP) is 5.29. The summed E-state index contributed by atoms with van der Waals surface area (Å²) in [5, 5.41) is 0. The molecule has 2 N–H and O–H groups in total. The van der Waals surface area contributed by atoms with Gasteiger partial charge in [-0.15, -0.1) is 0 Å². The summed E-state index contributed by atoms with van der Waals surface area (Å²) in [7, 11) is 2.06. The fourth-order valence-corrected chi connectivity index (χ4v) is 5.72. The number of hydrogen-bond donors (Lipinski definition) is 1. The predicted molar refractivity (Wildman–Crippen MR) is 138 cm³/mol. The Morgan fingerprint density at radius 2 is 1.54 bits per heavy atom. The van der Waals surface area contributed by atoms with Crippen LogP contribution in [0.1, 0.15) is 42.1 Å². The lowest BCUT2D eigenvalue weighted by Gasteiger charge is -2.42. The SMILES string of the molecule is CN1[C@@H]2CC[C@H]1[C@H](C(=O)OCCc1ccc(N)cc1)[C@@H](OC(c1ccc(F)cc1)c1ccc(F)cc1)C2. The molecule has 3 aromatic rings. The summed E-state index contributed by atoms with van der Waals surface area (Å²) in [5.41, 5.74) is 8.99. The van der Waals surface area contributed by atoms with E-state index in [2.05, 4.69) is 11.9 Å². The molecule has 2 fully saturated rings. The van der Waals surface area contributed by atoms with Crippen LogP contribution in [0, 0.1) is 17.6 Å². The van der Waals surface area contributed by atoms with Gasteiger partial charge in [0.05, 0.1) is 18.6 Å². The third-order valence-electron chi connectivity index (χ3n) is 7.76. The number of fused-ring (bicyclic) bond motifs is 2. The van der Waals surface area contributed by atoms with Crippen molar-refractivity contribution in [3.8, 4) is 0 Å². The summed E-state index contributed by atoms with van der Waals surface area (Å²) in [6, 6.07) is 20.1. The highest BCUT2D eigenvalue weighted by Gasteiger charge is 2.50. The van der Waals surface area contributed by atoms with Crippen LogP contribution in [0.3, 0.4) is 0 Å². The molecule has 0 radical (unpaired) electrons. The first-order valence-corrected chi connectivity index (χ1v) is 12.8. The molecule has 0 saturated carbocycles. The van der Waals surface area contributed by atoms with Gasteiger partial charge in [0.25, 0.3) is 0 Å². The number of nitrogen functional groups attached to an aromatic ring is 1. The lowest BCUT2D eigenvalue weighted by atomic mass is 9.87. The average molecular weight is 507 g/mol. The second kappa shape index (κ2) is 11.0. The fourth-order valence-electron chi connectivity index (χ4n) is 5.72. The summed E-state index contributed by atoms with van der Waals surface area (Å²) in [6.45, 7) is 0.269. The molecule has 2 saturated heterocycles. The molecule has 2 aliphatic heterocycles. The van der Waals surface area contributed by atoms with Crippen LogP contribution in [0.25, 0.3) is 0 Å². The van der Waals surface area contributed by atoms with Gasteiger partial charge in [0.15, 0.2) is 0 Å². The number of nitrogens with two attached hydrogens (primary N) is 1. The second-order valence-corrected chi connectivity index (χ2v) is 10.0. The number of carbonyl (C=O) groups excluding carboxylic acids is 1. The minimum absolute atomic E-state index is 0.0230. The summed E-state index contributed by atoms with van der Waals surface area (Å²) in [5.74, 6) is -1.42. The standard InChI is InChI=1S/C30H32F2N2O3/c1-34-25-14-15-26(34)28(30(35)36-17-16-19-2-12-24(33)13-3-19)27(18-25)37-29(20-4-8-22(31)9-5-20)21-6-10-23(32)11-7-21/h2-13,25-29H,14-18,33H2,1H3/t25-,26+,27+,28+/m1/s1. The molecule has 37 heavy (non-hydrogen) atoms. The Kier molecular flexibility index (Phi) is 7.53. The lowest BCUT2D eigenvalue weighted by molar-refractivity contribution is -0.164.